The number of ether oxygens (including phenoxy) is 1. The molecule has 0 saturated heterocycles. The lowest BCUT2D eigenvalue weighted by Crippen LogP contribution is -2.08. The van der Waals surface area contributed by atoms with Gasteiger partial charge in [0.2, 0.25) is 0 Å². The molecule has 1 atom stereocenters. The van der Waals surface area contributed by atoms with Gasteiger partial charge in [-0.05, 0) is 43.9 Å². The lowest BCUT2D eigenvalue weighted by molar-refractivity contribution is 0.405. The first-order chi connectivity index (χ1) is 7.52. The summed E-state index contributed by atoms with van der Waals surface area (Å²) in [5, 5.41) is 0.715. The normalized spacial score (nSPS) is 12.6. The zero-order valence-corrected chi connectivity index (χ0v) is 11.2. The fraction of sp³-hybridized carbons (Fsp3) is 0.538. The first-order valence-electron chi connectivity index (χ1n) is 5.56. The number of rotatable bonds is 4. The van der Waals surface area contributed by atoms with Crippen LogP contribution in [0, 0.1) is 13.8 Å². The minimum absolute atomic E-state index is 0.373. The lowest BCUT2D eigenvalue weighted by Gasteiger charge is -2.20. The molecule has 1 unspecified atom stereocenters. The highest BCUT2D eigenvalue weighted by Crippen LogP contribution is 2.39. The van der Waals surface area contributed by atoms with Gasteiger partial charge in [0.15, 0.2) is 0 Å². The van der Waals surface area contributed by atoms with Crippen LogP contribution in [0.4, 0.5) is 0 Å². The Morgan fingerprint density at radius 1 is 1.38 bits per heavy atom. The molecular formula is C13H20ClNO. The molecule has 3 heteroatoms. The molecule has 0 heterocycles. The molecule has 0 aromatic heterocycles. The van der Waals surface area contributed by atoms with Gasteiger partial charge in [0, 0.05) is 5.56 Å². The highest BCUT2D eigenvalue weighted by Gasteiger charge is 2.18. The van der Waals surface area contributed by atoms with E-state index in [9.17, 15) is 0 Å². The van der Waals surface area contributed by atoms with Gasteiger partial charge in [-0.3, -0.25) is 0 Å². The van der Waals surface area contributed by atoms with Crippen LogP contribution in [0.1, 0.15) is 36.0 Å². The van der Waals surface area contributed by atoms with Gasteiger partial charge in [-0.2, -0.15) is 0 Å². The van der Waals surface area contributed by atoms with Gasteiger partial charge >= 0.3 is 0 Å². The molecule has 90 valence electrons. The number of halogens is 1. The molecule has 2 N–H and O–H groups in total. The average molecular weight is 242 g/mol. The molecule has 2 nitrogen and oxygen atoms in total. The van der Waals surface area contributed by atoms with E-state index in [4.69, 9.17) is 22.1 Å². The Hall–Kier alpha value is -0.730. The molecule has 1 aromatic rings. The first-order valence-corrected chi connectivity index (χ1v) is 5.94. The van der Waals surface area contributed by atoms with E-state index in [1.807, 2.05) is 6.92 Å². The van der Waals surface area contributed by atoms with E-state index in [1.54, 1.807) is 7.11 Å². The first kappa shape index (κ1) is 13.3. The van der Waals surface area contributed by atoms with Crippen molar-refractivity contribution >= 4 is 11.6 Å². The predicted molar refractivity (Wildman–Crippen MR) is 69.6 cm³/mol. The van der Waals surface area contributed by atoms with E-state index in [0.29, 0.717) is 17.5 Å². The number of benzene rings is 1. The third kappa shape index (κ3) is 2.50. The Bertz CT molecular complexity index is 377. The van der Waals surface area contributed by atoms with Crippen LogP contribution in [0.25, 0.3) is 0 Å². The molecule has 0 saturated carbocycles. The Morgan fingerprint density at radius 2 is 2.00 bits per heavy atom. The van der Waals surface area contributed by atoms with Gasteiger partial charge in [-0.25, -0.2) is 0 Å². The van der Waals surface area contributed by atoms with Crippen molar-refractivity contribution in [2.24, 2.45) is 5.73 Å². The topological polar surface area (TPSA) is 35.2 Å². The van der Waals surface area contributed by atoms with E-state index in [0.717, 1.165) is 17.7 Å². The number of hydrogen-bond donors (Lipinski definition) is 1. The second-order valence-electron chi connectivity index (χ2n) is 4.25. The van der Waals surface area contributed by atoms with Crippen molar-refractivity contribution in [3.05, 3.63) is 27.8 Å². The number of aryl methyl sites for hydroxylation is 2. The Kier molecular flexibility index (Phi) is 4.63. The summed E-state index contributed by atoms with van der Waals surface area (Å²) in [5.41, 5.74) is 9.06. The van der Waals surface area contributed by atoms with Gasteiger partial charge in [-0.15, -0.1) is 0 Å². The number of hydrogen-bond acceptors (Lipinski definition) is 2. The maximum atomic E-state index is 6.26. The minimum atomic E-state index is 0.373. The summed E-state index contributed by atoms with van der Waals surface area (Å²) in [6.45, 7) is 6.92. The summed E-state index contributed by atoms with van der Waals surface area (Å²) in [6, 6.07) is 2.10. The monoisotopic (exact) mass is 241 g/mol. The summed E-state index contributed by atoms with van der Waals surface area (Å²) < 4.78 is 5.43. The van der Waals surface area contributed by atoms with E-state index in [1.165, 1.54) is 11.1 Å². The lowest BCUT2D eigenvalue weighted by atomic mass is 9.91. The molecule has 1 aromatic carbocycles. The van der Waals surface area contributed by atoms with Crippen molar-refractivity contribution in [1.82, 2.24) is 0 Å². The molecular weight excluding hydrogens is 222 g/mol. The van der Waals surface area contributed by atoms with E-state index in [-0.39, 0.29) is 0 Å². The van der Waals surface area contributed by atoms with E-state index in [2.05, 4.69) is 19.9 Å². The zero-order chi connectivity index (χ0) is 12.3. The summed E-state index contributed by atoms with van der Waals surface area (Å²) in [5.74, 6) is 1.18. The molecule has 0 fully saturated rings. The van der Waals surface area contributed by atoms with Gasteiger partial charge in [-0.1, -0.05) is 24.6 Å². The molecule has 0 bridgehead atoms. The summed E-state index contributed by atoms with van der Waals surface area (Å²) >= 11 is 6.26. The molecule has 0 amide bonds. The van der Waals surface area contributed by atoms with Crippen LogP contribution in [-0.4, -0.2) is 13.7 Å². The number of nitrogens with two attached hydrogens (primary N) is 1. The molecule has 0 aliphatic heterocycles. The number of methoxy groups -OCH3 is 1. The van der Waals surface area contributed by atoms with Crippen LogP contribution >= 0.6 is 11.6 Å². The van der Waals surface area contributed by atoms with Gasteiger partial charge in [0.05, 0.1) is 12.1 Å². The summed E-state index contributed by atoms with van der Waals surface area (Å²) in [7, 11) is 1.67. The largest absolute Gasteiger partial charge is 0.495 e. The van der Waals surface area contributed by atoms with Crippen molar-refractivity contribution in [3.8, 4) is 5.75 Å². The fourth-order valence-corrected chi connectivity index (χ4v) is 2.38. The standard InChI is InChI=1S/C13H20ClNO/c1-8(5-6-15)11-9(2)7-10(3)12(14)13(11)16-4/h7-8H,5-6,15H2,1-4H3. The predicted octanol–water partition coefficient (Wildman–Crippen LogP) is 3.42. The summed E-state index contributed by atoms with van der Waals surface area (Å²) in [4.78, 5) is 0. The van der Waals surface area contributed by atoms with Crippen molar-refractivity contribution < 1.29 is 4.74 Å². The Morgan fingerprint density at radius 3 is 2.50 bits per heavy atom. The highest BCUT2D eigenvalue weighted by atomic mass is 35.5. The van der Waals surface area contributed by atoms with Crippen molar-refractivity contribution in [3.63, 3.8) is 0 Å². The smallest absolute Gasteiger partial charge is 0.141 e. The quantitative estimate of drug-likeness (QED) is 0.877. The van der Waals surface area contributed by atoms with Crippen LogP contribution in [0.5, 0.6) is 5.75 Å². The molecule has 1 rings (SSSR count). The van der Waals surface area contributed by atoms with Crippen LogP contribution in [0.2, 0.25) is 5.02 Å². The van der Waals surface area contributed by atoms with Crippen molar-refractivity contribution in [2.75, 3.05) is 13.7 Å². The van der Waals surface area contributed by atoms with E-state index >= 15 is 0 Å². The Balaban J connectivity index is 3.30. The fourth-order valence-electron chi connectivity index (χ4n) is 2.15. The second kappa shape index (κ2) is 5.55. The maximum absolute atomic E-state index is 6.26. The zero-order valence-electron chi connectivity index (χ0n) is 10.4. The maximum Gasteiger partial charge on any atom is 0.141 e. The molecule has 16 heavy (non-hydrogen) atoms. The van der Waals surface area contributed by atoms with Crippen LogP contribution in [-0.2, 0) is 0 Å². The minimum Gasteiger partial charge on any atom is -0.495 e. The van der Waals surface area contributed by atoms with Gasteiger partial charge in [0.25, 0.3) is 0 Å². The SMILES string of the molecule is COc1c(Cl)c(C)cc(C)c1C(C)CCN. The molecule has 0 aliphatic carbocycles. The highest BCUT2D eigenvalue weighted by molar-refractivity contribution is 6.33. The average Bonchev–Trinajstić information content (AvgIpc) is 2.23. The summed E-state index contributed by atoms with van der Waals surface area (Å²) in [6.07, 6.45) is 0.941. The molecule has 0 radical (unpaired) electrons. The third-order valence-corrected chi connectivity index (χ3v) is 3.41. The third-order valence-electron chi connectivity index (χ3n) is 2.94. The van der Waals surface area contributed by atoms with E-state index < -0.39 is 0 Å². The van der Waals surface area contributed by atoms with Gasteiger partial charge in [0.1, 0.15) is 5.75 Å². The van der Waals surface area contributed by atoms with Crippen LogP contribution < -0.4 is 10.5 Å². The second-order valence-corrected chi connectivity index (χ2v) is 4.63. The van der Waals surface area contributed by atoms with Crippen molar-refractivity contribution in [1.29, 1.82) is 0 Å². The van der Waals surface area contributed by atoms with Crippen LogP contribution in [0.3, 0.4) is 0 Å². The Labute approximate surface area is 103 Å². The molecule has 0 spiro atoms. The van der Waals surface area contributed by atoms with Gasteiger partial charge < -0.3 is 10.5 Å². The molecule has 0 aliphatic rings. The van der Waals surface area contributed by atoms with Crippen LogP contribution in [0.15, 0.2) is 6.07 Å². The van der Waals surface area contributed by atoms with Crippen molar-refractivity contribution in [2.45, 2.75) is 33.1 Å².